The van der Waals surface area contributed by atoms with Gasteiger partial charge in [0.05, 0.1) is 5.60 Å². The highest BCUT2D eigenvalue weighted by Gasteiger charge is 2.29. The smallest absolute Gasteiger partial charge is 0.0897 e. The third-order valence-corrected chi connectivity index (χ3v) is 2.06. The van der Waals surface area contributed by atoms with Crippen LogP contribution >= 0.6 is 0 Å². The predicted octanol–water partition coefficient (Wildman–Crippen LogP) is -0.338. The Morgan fingerprint density at radius 3 is 2.73 bits per heavy atom. The Morgan fingerprint density at radius 2 is 2.27 bits per heavy atom. The lowest BCUT2D eigenvalue weighted by molar-refractivity contribution is -0.00457. The summed E-state index contributed by atoms with van der Waals surface area (Å²) in [6.45, 7) is 2.56. The number of nitrogens with one attached hydrogen (secondary N) is 1. The van der Waals surface area contributed by atoms with Crippen molar-refractivity contribution in [3.8, 4) is 0 Å². The van der Waals surface area contributed by atoms with Crippen molar-refractivity contribution in [3.05, 3.63) is 0 Å². The van der Waals surface area contributed by atoms with Gasteiger partial charge in [0.25, 0.3) is 0 Å². The van der Waals surface area contributed by atoms with Gasteiger partial charge >= 0.3 is 0 Å². The first kappa shape index (κ1) is 8.97. The molecule has 1 atom stereocenters. The van der Waals surface area contributed by atoms with Gasteiger partial charge in [0.15, 0.2) is 0 Å². The van der Waals surface area contributed by atoms with Gasteiger partial charge in [0.2, 0.25) is 0 Å². The molecule has 66 valence electrons. The quantitative estimate of drug-likeness (QED) is 0.577. The van der Waals surface area contributed by atoms with Gasteiger partial charge in [-0.3, -0.25) is 0 Å². The fraction of sp³-hybridized carbons (Fsp3) is 1.00. The van der Waals surface area contributed by atoms with E-state index in [0.717, 1.165) is 32.5 Å². The molecule has 0 unspecified atom stereocenters. The lowest BCUT2D eigenvalue weighted by Crippen LogP contribution is -2.51. The average Bonchev–Trinajstić information content (AvgIpc) is 1.85. The van der Waals surface area contributed by atoms with Crippen LogP contribution in [-0.4, -0.2) is 49.3 Å². The van der Waals surface area contributed by atoms with Crippen LogP contribution in [0.2, 0.25) is 0 Å². The normalized spacial score (nSPS) is 32.7. The molecule has 3 nitrogen and oxygen atoms in total. The summed E-state index contributed by atoms with van der Waals surface area (Å²) < 4.78 is 0. The number of β-amino-alcohol motifs (C(OH)–C–C–N with tert-alkyl or cyclic N) is 1. The molecular formula is C8H18N2O. The molecule has 0 aromatic heterocycles. The minimum Gasteiger partial charge on any atom is -0.387 e. The molecule has 11 heavy (non-hydrogen) atoms. The Kier molecular flexibility index (Phi) is 2.87. The number of hydrogen-bond donors (Lipinski definition) is 2. The summed E-state index contributed by atoms with van der Waals surface area (Å²) in [5.41, 5.74) is -0.484. The second kappa shape index (κ2) is 3.52. The molecule has 0 bridgehead atoms. The zero-order valence-electron chi connectivity index (χ0n) is 7.43. The molecule has 1 aliphatic heterocycles. The minimum absolute atomic E-state index is 0.484. The van der Waals surface area contributed by atoms with Gasteiger partial charge < -0.3 is 15.3 Å². The van der Waals surface area contributed by atoms with Crippen LogP contribution in [0.25, 0.3) is 0 Å². The largest absolute Gasteiger partial charge is 0.387 e. The summed E-state index contributed by atoms with van der Waals surface area (Å²) in [7, 11) is 3.99. The monoisotopic (exact) mass is 158 g/mol. The molecule has 0 amide bonds. The van der Waals surface area contributed by atoms with Crippen molar-refractivity contribution in [1.82, 2.24) is 10.2 Å². The van der Waals surface area contributed by atoms with Crippen molar-refractivity contribution >= 4 is 0 Å². The first-order valence-electron chi connectivity index (χ1n) is 4.20. The van der Waals surface area contributed by atoms with Crippen molar-refractivity contribution < 1.29 is 5.11 Å². The Hall–Kier alpha value is -0.120. The molecule has 0 saturated carbocycles. The van der Waals surface area contributed by atoms with Crippen molar-refractivity contribution in [1.29, 1.82) is 0 Å². The van der Waals surface area contributed by atoms with E-state index < -0.39 is 5.60 Å². The number of aliphatic hydroxyl groups is 1. The van der Waals surface area contributed by atoms with Gasteiger partial charge in [-0.2, -0.15) is 0 Å². The van der Waals surface area contributed by atoms with E-state index in [-0.39, 0.29) is 0 Å². The van der Waals surface area contributed by atoms with Gasteiger partial charge in [0, 0.05) is 13.1 Å². The first-order chi connectivity index (χ1) is 5.12. The third-order valence-electron chi connectivity index (χ3n) is 2.06. The molecule has 1 aliphatic rings. The maximum absolute atomic E-state index is 9.94. The highest BCUT2D eigenvalue weighted by molar-refractivity contribution is 4.86. The number of likely N-dealkylation sites (N-methyl/N-ethyl adjacent to an activating group) is 1. The Balaban J connectivity index is 2.37. The lowest BCUT2D eigenvalue weighted by atomic mass is 9.94. The Labute approximate surface area is 68.4 Å². The number of rotatable bonds is 2. The van der Waals surface area contributed by atoms with Gasteiger partial charge in [-0.1, -0.05) is 0 Å². The van der Waals surface area contributed by atoms with E-state index in [1.807, 2.05) is 19.0 Å². The molecule has 2 N–H and O–H groups in total. The van der Waals surface area contributed by atoms with Gasteiger partial charge in [0.1, 0.15) is 0 Å². The van der Waals surface area contributed by atoms with Crippen LogP contribution in [-0.2, 0) is 0 Å². The van der Waals surface area contributed by atoms with Gasteiger partial charge in [-0.15, -0.1) is 0 Å². The number of nitrogens with zero attached hydrogens (tertiary/aromatic N) is 1. The average molecular weight is 158 g/mol. The van der Waals surface area contributed by atoms with Crippen LogP contribution in [0.1, 0.15) is 12.8 Å². The van der Waals surface area contributed by atoms with E-state index in [1.54, 1.807) is 0 Å². The Bertz CT molecular complexity index is 119. The van der Waals surface area contributed by atoms with Crippen molar-refractivity contribution in [3.63, 3.8) is 0 Å². The molecule has 1 saturated heterocycles. The highest BCUT2D eigenvalue weighted by atomic mass is 16.3. The molecule has 0 aromatic rings. The molecule has 0 spiro atoms. The zero-order valence-corrected chi connectivity index (χ0v) is 7.43. The van der Waals surface area contributed by atoms with Crippen LogP contribution < -0.4 is 5.32 Å². The maximum atomic E-state index is 9.94. The molecule has 0 aliphatic carbocycles. The second-order valence-electron chi connectivity index (χ2n) is 3.74. The first-order valence-corrected chi connectivity index (χ1v) is 4.20. The molecule has 1 fully saturated rings. The van der Waals surface area contributed by atoms with E-state index in [2.05, 4.69) is 5.32 Å². The highest BCUT2D eigenvalue weighted by Crippen LogP contribution is 2.15. The summed E-state index contributed by atoms with van der Waals surface area (Å²) >= 11 is 0. The standard InChI is InChI=1S/C8H18N2O/c1-10(2)7-8(11)4-3-5-9-6-8/h9,11H,3-7H2,1-2H3/t8-/m1/s1. The number of hydrogen-bond acceptors (Lipinski definition) is 3. The molecule has 1 heterocycles. The van der Waals surface area contributed by atoms with Crippen LogP contribution in [0.3, 0.4) is 0 Å². The van der Waals surface area contributed by atoms with Crippen LogP contribution in [0.5, 0.6) is 0 Å². The summed E-state index contributed by atoms with van der Waals surface area (Å²) in [6.07, 6.45) is 2.02. The predicted molar refractivity (Wildman–Crippen MR) is 45.6 cm³/mol. The fourth-order valence-corrected chi connectivity index (χ4v) is 1.68. The van der Waals surface area contributed by atoms with Crippen LogP contribution in [0, 0.1) is 0 Å². The van der Waals surface area contributed by atoms with Gasteiger partial charge in [-0.05, 0) is 33.5 Å². The van der Waals surface area contributed by atoms with Gasteiger partial charge in [-0.25, -0.2) is 0 Å². The van der Waals surface area contributed by atoms with Crippen molar-refractivity contribution in [2.24, 2.45) is 0 Å². The topological polar surface area (TPSA) is 35.5 Å². The molecular weight excluding hydrogens is 140 g/mol. The van der Waals surface area contributed by atoms with Crippen molar-refractivity contribution in [2.45, 2.75) is 18.4 Å². The van der Waals surface area contributed by atoms with E-state index in [1.165, 1.54) is 0 Å². The molecule has 0 radical (unpaired) electrons. The third kappa shape index (κ3) is 2.77. The van der Waals surface area contributed by atoms with Crippen LogP contribution in [0.4, 0.5) is 0 Å². The zero-order chi connectivity index (χ0) is 8.32. The summed E-state index contributed by atoms with van der Waals surface area (Å²) in [6, 6.07) is 0. The molecule has 3 heteroatoms. The molecule has 1 rings (SSSR count). The summed E-state index contributed by atoms with van der Waals surface area (Å²) in [5.74, 6) is 0. The van der Waals surface area contributed by atoms with Crippen LogP contribution in [0.15, 0.2) is 0 Å². The van der Waals surface area contributed by atoms with E-state index in [0.29, 0.717) is 0 Å². The van der Waals surface area contributed by atoms with Crippen molar-refractivity contribution in [2.75, 3.05) is 33.7 Å². The lowest BCUT2D eigenvalue weighted by Gasteiger charge is -2.34. The second-order valence-corrected chi connectivity index (χ2v) is 3.74. The maximum Gasteiger partial charge on any atom is 0.0897 e. The molecule has 0 aromatic carbocycles. The summed E-state index contributed by atoms with van der Waals surface area (Å²) in [4.78, 5) is 2.03. The van der Waals surface area contributed by atoms with E-state index >= 15 is 0 Å². The van der Waals surface area contributed by atoms with E-state index in [4.69, 9.17) is 0 Å². The number of piperidine rings is 1. The van der Waals surface area contributed by atoms with E-state index in [9.17, 15) is 5.11 Å². The Morgan fingerprint density at radius 1 is 1.55 bits per heavy atom. The SMILES string of the molecule is CN(C)C[C@@]1(O)CCCNC1. The fourth-order valence-electron chi connectivity index (χ4n) is 1.68. The minimum atomic E-state index is -0.484. The summed E-state index contributed by atoms with van der Waals surface area (Å²) in [5, 5.41) is 13.1.